The van der Waals surface area contributed by atoms with Crippen LogP contribution >= 0.6 is 0 Å². The Hall–Kier alpha value is -2.13. The van der Waals surface area contributed by atoms with Crippen LogP contribution in [0.25, 0.3) is 10.8 Å². The van der Waals surface area contributed by atoms with Gasteiger partial charge in [-0.25, -0.2) is 0 Å². The van der Waals surface area contributed by atoms with Crippen LogP contribution in [-0.4, -0.2) is 16.7 Å². The van der Waals surface area contributed by atoms with Crippen molar-refractivity contribution in [3.63, 3.8) is 0 Å². The lowest BCUT2D eigenvalue weighted by Crippen LogP contribution is -2.31. The highest BCUT2D eigenvalue weighted by molar-refractivity contribution is 5.83. The van der Waals surface area contributed by atoms with Crippen LogP contribution in [0.15, 0.2) is 54.1 Å². The number of rotatable bonds is 8. The number of benzene rings is 2. The third-order valence-electron chi connectivity index (χ3n) is 4.95. The molecule has 0 aliphatic carbocycles. The van der Waals surface area contributed by atoms with Crippen LogP contribution < -0.4 is 0 Å². The van der Waals surface area contributed by atoms with E-state index in [9.17, 15) is 9.90 Å². The highest BCUT2D eigenvalue weighted by Gasteiger charge is 2.28. The molecule has 3 nitrogen and oxygen atoms in total. The van der Waals surface area contributed by atoms with Gasteiger partial charge < -0.3 is 9.84 Å². The molecule has 0 amide bonds. The fourth-order valence-electron chi connectivity index (χ4n) is 2.97. The van der Waals surface area contributed by atoms with E-state index in [0.717, 1.165) is 16.3 Å². The molecule has 26 heavy (non-hydrogen) atoms. The summed E-state index contributed by atoms with van der Waals surface area (Å²) in [6.07, 6.45) is 3.46. The Bertz CT molecular complexity index is 768. The van der Waals surface area contributed by atoms with Gasteiger partial charge >= 0.3 is 5.97 Å². The molecule has 1 atom stereocenters. The maximum atomic E-state index is 12.5. The zero-order chi connectivity index (χ0) is 19.2. The van der Waals surface area contributed by atoms with Crippen LogP contribution in [0.2, 0.25) is 0 Å². The molecule has 2 aromatic rings. The Morgan fingerprint density at radius 2 is 1.77 bits per heavy atom. The third kappa shape index (κ3) is 5.43. The molecule has 0 spiro atoms. The molecule has 140 valence electrons. The standard InChI is InChI=1S/C23H30O3/c1-5-23(25,6-2)16-22(24)26-21(14-11-17(3)4)20-13-12-18-9-7-8-10-19(18)15-20/h7-13,15,21,25H,5-6,14,16H2,1-4H3. The number of esters is 1. The van der Waals surface area contributed by atoms with Crippen molar-refractivity contribution in [3.8, 4) is 0 Å². The second-order valence-corrected chi connectivity index (χ2v) is 7.21. The average Bonchev–Trinajstić information content (AvgIpc) is 2.64. The van der Waals surface area contributed by atoms with Crippen molar-refractivity contribution in [3.05, 3.63) is 59.7 Å². The number of ether oxygens (including phenoxy) is 1. The molecule has 0 heterocycles. The van der Waals surface area contributed by atoms with E-state index in [-0.39, 0.29) is 18.5 Å². The van der Waals surface area contributed by atoms with Gasteiger partial charge in [0.1, 0.15) is 6.10 Å². The molecule has 1 unspecified atom stereocenters. The second-order valence-electron chi connectivity index (χ2n) is 7.21. The summed E-state index contributed by atoms with van der Waals surface area (Å²) < 4.78 is 5.79. The fourth-order valence-corrected chi connectivity index (χ4v) is 2.97. The predicted molar refractivity (Wildman–Crippen MR) is 107 cm³/mol. The Morgan fingerprint density at radius 3 is 2.38 bits per heavy atom. The zero-order valence-electron chi connectivity index (χ0n) is 16.3. The van der Waals surface area contributed by atoms with E-state index < -0.39 is 5.60 Å². The Balaban J connectivity index is 2.24. The van der Waals surface area contributed by atoms with Crippen molar-refractivity contribution in [2.75, 3.05) is 0 Å². The first-order valence-corrected chi connectivity index (χ1v) is 9.41. The second kappa shape index (κ2) is 9.00. The SMILES string of the molecule is CCC(O)(CC)CC(=O)OC(CC=C(C)C)c1ccc2ccccc2c1. The van der Waals surface area contributed by atoms with Gasteiger partial charge in [0, 0.05) is 6.42 Å². The van der Waals surface area contributed by atoms with Crippen molar-refractivity contribution in [1.82, 2.24) is 0 Å². The van der Waals surface area contributed by atoms with Gasteiger partial charge in [0.05, 0.1) is 12.0 Å². The molecule has 0 saturated carbocycles. The van der Waals surface area contributed by atoms with E-state index >= 15 is 0 Å². The summed E-state index contributed by atoms with van der Waals surface area (Å²) in [7, 11) is 0. The smallest absolute Gasteiger partial charge is 0.309 e. The molecule has 0 aliphatic heterocycles. The summed E-state index contributed by atoms with van der Waals surface area (Å²) in [5.74, 6) is -0.350. The number of allylic oxidation sites excluding steroid dienone is 1. The largest absolute Gasteiger partial charge is 0.457 e. The number of fused-ring (bicyclic) bond motifs is 1. The molecule has 0 bridgehead atoms. The van der Waals surface area contributed by atoms with Gasteiger partial charge in [0.15, 0.2) is 0 Å². The Kier molecular flexibility index (Phi) is 6.98. The third-order valence-corrected chi connectivity index (χ3v) is 4.95. The van der Waals surface area contributed by atoms with Gasteiger partial charge in [-0.1, -0.05) is 61.9 Å². The highest BCUT2D eigenvalue weighted by atomic mass is 16.5. The quantitative estimate of drug-likeness (QED) is 0.487. The van der Waals surface area contributed by atoms with Crippen LogP contribution in [0, 0.1) is 0 Å². The molecule has 0 saturated heterocycles. The molecule has 0 aliphatic rings. The minimum atomic E-state index is -0.985. The minimum Gasteiger partial charge on any atom is -0.457 e. The van der Waals surface area contributed by atoms with Gasteiger partial charge in [-0.2, -0.15) is 0 Å². The summed E-state index contributed by atoms with van der Waals surface area (Å²) in [4.78, 5) is 12.5. The van der Waals surface area contributed by atoms with Crippen molar-refractivity contribution in [2.45, 2.75) is 65.1 Å². The number of hydrogen-bond acceptors (Lipinski definition) is 3. The van der Waals surface area contributed by atoms with Crippen LogP contribution in [0.1, 0.15) is 65.0 Å². The topological polar surface area (TPSA) is 46.5 Å². The lowest BCUT2D eigenvalue weighted by atomic mass is 9.93. The molecule has 1 N–H and O–H groups in total. The van der Waals surface area contributed by atoms with E-state index in [1.54, 1.807) is 0 Å². The van der Waals surface area contributed by atoms with Gasteiger partial charge in [0.2, 0.25) is 0 Å². The minimum absolute atomic E-state index is 0.0267. The van der Waals surface area contributed by atoms with Gasteiger partial charge in [-0.15, -0.1) is 0 Å². The monoisotopic (exact) mass is 354 g/mol. The Labute approximate surface area is 156 Å². The zero-order valence-corrected chi connectivity index (χ0v) is 16.3. The molecule has 2 rings (SSSR count). The molecule has 0 fully saturated rings. The summed E-state index contributed by atoms with van der Waals surface area (Å²) in [5, 5.41) is 12.7. The van der Waals surface area contributed by atoms with E-state index in [1.807, 2.05) is 45.9 Å². The first-order valence-electron chi connectivity index (χ1n) is 9.41. The van der Waals surface area contributed by atoms with E-state index in [1.165, 1.54) is 5.57 Å². The fraction of sp³-hybridized carbons (Fsp3) is 0.435. The summed E-state index contributed by atoms with van der Waals surface area (Å²) in [5.41, 5.74) is 1.18. The van der Waals surface area contributed by atoms with E-state index in [0.29, 0.717) is 19.3 Å². The van der Waals surface area contributed by atoms with Gasteiger partial charge in [-0.05, 0) is 49.1 Å². The number of aliphatic hydroxyl groups is 1. The lowest BCUT2D eigenvalue weighted by molar-refractivity contribution is -0.155. The normalized spacial score (nSPS) is 12.7. The summed E-state index contributed by atoms with van der Waals surface area (Å²) in [6.45, 7) is 7.85. The maximum absolute atomic E-state index is 12.5. The summed E-state index contributed by atoms with van der Waals surface area (Å²) in [6, 6.07) is 14.3. The Morgan fingerprint density at radius 1 is 1.12 bits per heavy atom. The van der Waals surface area contributed by atoms with E-state index in [2.05, 4.69) is 30.3 Å². The lowest BCUT2D eigenvalue weighted by Gasteiger charge is -2.25. The molecular weight excluding hydrogens is 324 g/mol. The molecule has 0 radical (unpaired) electrons. The average molecular weight is 354 g/mol. The van der Waals surface area contributed by atoms with Crippen molar-refractivity contribution in [2.24, 2.45) is 0 Å². The first kappa shape index (κ1) is 20.2. The van der Waals surface area contributed by atoms with Gasteiger partial charge in [0.25, 0.3) is 0 Å². The van der Waals surface area contributed by atoms with E-state index in [4.69, 9.17) is 4.74 Å². The van der Waals surface area contributed by atoms with Crippen LogP contribution in [0.5, 0.6) is 0 Å². The van der Waals surface area contributed by atoms with Gasteiger partial charge in [-0.3, -0.25) is 4.79 Å². The predicted octanol–water partition coefficient (Wildman–Crippen LogP) is 5.72. The molecule has 0 aromatic heterocycles. The maximum Gasteiger partial charge on any atom is 0.309 e. The van der Waals surface area contributed by atoms with Crippen molar-refractivity contribution in [1.29, 1.82) is 0 Å². The van der Waals surface area contributed by atoms with Crippen molar-refractivity contribution >= 4 is 16.7 Å². The number of carbonyl (C=O) groups excluding carboxylic acids is 1. The highest BCUT2D eigenvalue weighted by Crippen LogP contribution is 2.28. The molecule has 3 heteroatoms. The van der Waals surface area contributed by atoms with Crippen LogP contribution in [0.3, 0.4) is 0 Å². The van der Waals surface area contributed by atoms with Crippen LogP contribution in [0.4, 0.5) is 0 Å². The summed E-state index contributed by atoms with van der Waals surface area (Å²) >= 11 is 0. The number of carbonyl (C=O) groups is 1. The van der Waals surface area contributed by atoms with Crippen molar-refractivity contribution < 1.29 is 14.6 Å². The number of hydrogen-bond donors (Lipinski definition) is 1. The molecule has 2 aromatic carbocycles. The first-order chi connectivity index (χ1) is 12.4. The van der Waals surface area contributed by atoms with Crippen LogP contribution in [-0.2, 0) is 9.53 Å². The molecular formula is C23H30O3.